The summed E-state index contributed by atoms with van der Waals surface area (Å²) in [4.78, 5) is 39.0. The molecule has 0 amide bonds. The Balaban J connectivity index is 1.80. The summed E-state index contributed by atoms with van der Waals surface area (Å²) in [5.74, 6) is 1.05. The van der Waals surface area contributed by atoms with Crippen LogP contribution in [-0.2, 0) is 41.8 Å². The van der Waals surface area contributed by atoms with Gasteiger partial charge in [-0.1, -0.05) is 143 Å². The van der Waals surface area contributed by atoms with E-state index in [0.29, 0.717) is 72.5 Å². The van der Waals surface area contributed by atoms with Crippen molar-refractivity contribution in [1.82, 2.24) is 0 Å². The SMILES string of the molecule is C=C(OC)OCc1ccc(/C=C/C(=O)Oc2ccc(OC(=O)/C=C/c3ccc(COC(=O)C(C)CC)c(OCCCCCC)c3OCCCCCC)cc2)c(OCCCCCC)c1OCCCCCC. The zero-order valence-electron chi connectivity index (χ0n) is 43.4. The smallest absolute Gasteiger partial charge is 0.336 e. The largest absolute Gasteiger partial charge is 0.489 e. The molecule has 1 atom stereocenters. The monoisotopic (exact) mass is 971 g/mol. The highest BCUT2D eigenvalue weighted by Crippen LogP contribution is 2.39. The fourth-order valence-electron chi connectivity index (χ4n) is 7.02. The number of carbonyl (C=O) groups is 3. The summed E-state index contributed by atoms with van der Waals surface area (Å²) >= 11 is 0. The molecule has 0 heterocycles. The summed E-state index contributed by atoms with van der Waals surface area (Å²) < 4.78 is 53.3. The lowest BCUT2D eigenvalue weighted by atomic mass is 10.1. The number of hydrogen-bond acceptors (Lipinski definition) is 12. The van der Waals surface area contributed by atoms with E-state index in [2.05, 4.69) is 34.3 Å². The van der Waals surface area contributed by atoms with Crippen LogP contribution in [0.15, 0.2) is 73.2 Å². The minimum absolute atomic E-state index is 0.0370. The van der Waals surface area contributed by atoms with Crippen molar-refractivity contribution >= 4 is 30.1 Å². The maximum Gasteiger partial charge on any atom is 0.336 e. The van der Waals surface area contributed by atoms with Crippen molar-refractivity contribution in [3.05, 3.63) is 95.5 Å². The van der Waals surface area contributed by atoms with Gasteiger partial charge in [0.2, 0.25) is 0 Å². The lowest BCUT2D eigenvalue weighted by molar-refractivity contribution is -0.149. The van der Waals surface area contributed by atoms with Crippen LogP contribution >= 0.6 is 0 Å². The molecule has 0 aliphatic rings. The van der Waals surface area contributed by atoms with E-state index in [0.717, 1.165) is 108 Å². The lowest BCUT2D eigenvalue weighted by Crippen LogP contribution is -2.14. The van der Waals surface area contributed by atoms with E-state index in [4.69, 9.17) is 42.6 Å². The van der Waals surface area contributed by atoms with Crippen LogP contribution in [0.25, 0.3) is 12.2 Å². The minimum Gasteiger partial charge on any atom is -0.489 e. The van der Waals surface area contributed by atoms with Crippen molar-refractivity contribution in [2.45, 2.75) is 164 Å². The summed E-state index contributed by atoms with van der Waals surface area (Å²) in [7, 11) is 1.50. The molecule has 0 radical (unpaired) electrons. The Morgan fingerprint density at radius 3 is 1.23 bits per heavy atom. The summed E-state index contributed by atoms with van der Waals surface area (Å²) in [5.41, 5.74) is 2.73. The van der Waals surface area contributed by atoms with Crippen LogP contribution in [-0.4, -0.2) is 51.4 Å². The van der Waals surface area contributed by atoms with Gasteiger partial charge in [-0.05, 0) is 75.1 Å². The molecule has 3 aromatic rings. The van der Waals surface area contributed by atoms with Crippen LogP contribution in [0, 0.1) is 5.92 Å². The summed E-state index contributed by atoms with van der Waals surface area (Å²) in [6.45, 7) is 18.3. The maximum absolute atomic E-state index is 13.2. The molecule has 0 aliphatic carbocycles. The van der Waals surface area contributed by atoms with Crippen molar-refractivity contribution in [2.75, 3.05) is 33.5 Å². The van der Waals surface area contributed by atoms with Gasteiger partial charge in [0.25, 0.3) is 5.95 Å². The molecule has 0 aromatic heterocycles. The maximum atomic E-state index is 13.2. The molecule has 3 aromatic carbocycles. The number of methoxy groups -OCH3 is 1. The van der Waals surface area contributed by atoms with Crippen LogP contribution in [0.5, 0.6) is 34.5 Å². The summed E-state index contributed by atoms with van der Waals surface area (Å²) in [5, 5.41) is 0. The van der Waals surface area contributed by atoms with E-state index in [9.17, 15) is 14.4 Å². The molecular formula is C58H82O12. The standard InChI is InChI=1S/C58H82O12/c1-9-14-18-22-38-63-54-46(26-28-48(42-67-45(7)62-8)56(54)65-40-24-20-16-11-3)30-36-52(59)69-50-32-34-51(35-33-50)70-53(60)37-31-47-27-29-49(43-68-58(61)44(6)13-5)57(66-41-25-21-17-12-4)55(47)64-39-23-19-15-10-2/h26-37,44H,7,9-25,38-43H2,1-6,8H3/b36-30+,37-31+. The van der Waals surface area contributed by atoms with Crippen LogP contribution in [0.3, 0.4) is 0 Å². The van der Waals surface area contributed by atoms with E-state index < -0.39 is 11.9 Å². The van der Waals surface area contributed by atoms with Gasteiger partial charge in [-0.15, -0.1) is 0 Å². The van der Waals surface area contributed by atoms with E-state index in [-0.39, 0.29) is 42.5 Å². The Kier molecular flexibility index (Phi) is 29.4. The van der Waals surface area contributed by atoms with Crippen LogP contribution in [0.2, 0.25) is 0 Å². The molecule has 0 bridgehead atoms. The number of unbranched alkanes of at least 4 members (excludes halogenated alkanes) is 12. The van der Waals surface area contributed by atoms with Crippen LogP contribution in [0.4, 0.5) is 0 Å². The second kappa shape index (κ2) is 35.2. The van der Waals surface area contributed by atoms with Crippen molar-refractivity contribution in [3.8, 4) is 34.5 Å². The van der Waals surface area contributed by atoms with Gasteiger partial charge in [0.1, 0.15) is 24.7 Å². The average molecular weight is 971 g/mol. The second-order valence-electron chi connectivity index (χ2n) is 17.3. The molecule has 386 valence electrons. The Morgan fingerprint density at radius 1 is 0.500 bits per heavy atom. The van der Waals surface area contributed by atoms with E-state index in [1.54, 1.807) is 36.4 Å². The molecule has 3 rings (SSSR count). The first-order valence-corrected chi connectivity index (χ1v) is 25.8. The Bertz CT molecular complexity index is 2050. The first kappa shape index (κ1) is 58.4. The van der Waals surface area contributed by atoms with Gasteiger partial charge >= 0.3 is 17.9 Å². The third-order valence-electron chi connectivity index (χ3n) is 11.5. The van der Waals surface area contributed by atoms with Gasteiger partial charge in [0.05, 0.1) is 39.5 Å². The highest BCUT2D eigenvalue weighted by molar-refractivity contribution is 5.90. The fraction of sp³-hybridized carbons (Fsp3) is 0.534. The predicted molar refractivity (Wildman–Crippen MR) is 277 cm³/mol. The molecule has 1 unspecified atom stereocenters. The fourth-order valence-corrected chi connectivity index (χ4v) is 7.02. The number of benzene rings is 3. The normalized spacial score (nSPS) is 11.6. The third kappa shape index (κ3) is 22.2. The van der Waals surface area contributed by atoms with Crippen molar-refractivity contribution in [3.63, 3.8) is 0 Å². The second-order valence-corrected chi connectivity index (χ2v) is 17.3. The van der Waals surface area contributed by atoms with Gasteiger partial charge in [-0.3, -0.25) is 4.79 Å². The van der Waals surface area contributed by atoms with Crippen LogP contribution < -0.4 is 28.4 Å². The number of rotatable bonds is 38. The van der Waals surface area contributed by atoms with Gasteiger partial charge in [0.15, 0.2) is 23.0 Å². The van der Waals surface area contributed by atoms with Crippen LogP contribution in [0.1, 0.15) is 173 Å². The van der Waals surface area contributed by atoms with Gasteiger partial charge < -0.3 is 42.6 Å². The zero-order chi connectivity index (χ0) is 50.8. The minimum atomic E-state index is -0.621. The first-order chi connectivity index (χ1) is 34.1. The van der Waals surface area contributed by atoms with Gasteiger partial charge in [-0.25, -0.2) is 9.59 Å². The van der Waals surface area contributed by atoms with E-state index >= 15 is 0 Å². The van der Waals surface area contributed by atoms with Gasteiger partial charge in [0, 0.05) is 34.4 Å². The number of hydrogen-bond donors (Lipinski definition) is 0. The number of esters is 3. The van der Waals surface area contributed by atoms with Crippen molar-refractivity contribution < 1.29 is 57.0 Å². The summed E-state index contributed by atoms with van der Waals surface area (Å²) in [6, 6.07) is 13.6. The Morgan fingerprint density at radius 2 is 0.871 bits per heavy atom. The highest BCUT2D eigenvalue weighted by atomic mass is 16.7. The van der Waals surface area contributed by atoms with Crippen molar-refractivity contribution in [2.24, 2.45) is 5.92 Å². The molecule has 0 fully saturated rings. The zero-order valence-corrected chi connectivity index (χ0v) is 43.4. The molecule has 12 heteroatoms. The Labute approximate surface area is 419 Å². The molecule has 0 spiro atoms. The van der Waals surface area contributed by atoms with Crippen molar-refractivity contribution in [1.29, 1.82) is 0 Å². The molecule has 70 heavy (non-hydrogen) atoms. The number of carbonyl (C=O) groups excluding carboxylic acids is 3. The molecular weight excluding hydrogens is 889 g/mol. The quantitative estimate of drug-likeness (QED) is 0.0178. The van der Waals surface area contributed by atoms with Gasteiger partial charge in [-0.2, -0.15) is 0 Å². The molecule has 0 saturated carbocycles. The topological polar surface area (TPSA) is 134 Å². The summed E-state index contributed by atoms with van der Waals surface area (Å²) in [6.07, 6.45) is 23.1. The molecule has 0 N–H and O–H groups in total. The molecule has 12 nitrogen and oxygen atoms in total. The lowest BCUT2D eigenvalue weighted by Gasteiger charge is -2.19. The molecule has 0 aliphatic heterocycles. The predicted octanol–water partition coefficient (Wildman–Crippen LogP) is 14.5. The number of ether oxygens (including phenoxy) is 9. The molecule has 0 saturated heterocycles. The highest BCUT2D eigenvalue weighted by Gasteiger charge is 2.21. The average Bonchev–Trinajstić information content (AvgIpc) is 3.36. The third-order valence-corrected chi connectivity index (χ3v) is 11.5. The van der Waals surface area contributed by atoms with E-state index in [1.807, 2.05) is 38.1 Å². The first-order valence-electron chi connectivity index (χ1n) is 25.8. The van der Waals surface area contributed by atoms with E-state index in [1.165, 1.54) is 19.3 Å². The Hall–Kier alpha value is -5.91.